The monoisotopic (exact) mass is 294 g/mol. The third kappa shape index (κ3) is 9.93. The SMILES string of the molecule is C=C(C1CC=C(C)C1)C(C)C(C)(C)C.CC.CCCCC. The van der Waals surface area contributed by atoms with Crippen LogP contribution in [0.5, 0.6) is 0 Å². The largest absolute Gasteiger partial charge is 0.0993 e. The van der Waals surface area contributed by atoms with Gasteiger partial charge in [0.1, 0.15) is 0 Å². The Balaban J connectivity index is 0. The second-order valence-corrected chi connectivity index (χ2v) is 7.20. The Hall–Kier alpha value is -0.520. The summed E-state index contributed by atoms with van der Waals surface area (Å²) < 4.78 is 0. The van der Waals surface area contributed by atoms with E-state index in [1.807, 2.05) is 13.8 Å². The van der Waals surface area contributed by atoms with E-state index in [9.17, 15) is 0 Å². The highest BCUT2D eigenvalue weighted by molar-refractivity contribution is 5.19. The van der Waals surface area contributed by atoms with Crippen molar-refractivity contribution in [2.24, 2.45) is 17.3 Å². The molecule has 0 fully saturated rings. The Morgan fingerprint density at radius 3 is 1.95 bits per heavy atom. The number of rotatable bonds is 4. The molecule has 0 aromatic rings. The van der Waals surface area contributed by atoms with Crippen molar-refractivity contribution in [1.82, 2.24) is 0 Å². The maximum Gasteiger partial charge on any atom is -0.0131 e. The number of unbranched alkanes of at least 4 members (excludes halogenated alkanes) is 2. The molecule has 0 aromatic carbocycles. The fraction of sp³-hybridized carbons (Fsp3) is 0.810. The van der Waals surface area contributed by atoms with E-state index in [0.29, 0.717) is 17.3 Å². The van der Waals surface area contributed by atoms with Gasteiger partial charge >= 0.3 is 0 Å². The van der Waals surface area contributed by atoms with Crippen LogP contribution in [-0.4, -0.2) is 0 Å². The minimum absolute atomic E-state index is 0.355. The first-order valence-corrected chi connectivity index (χ1v) is 9.08. The second kappa shape index (κ2) is 12.1. The number of allylic oxidation sites excluding steroid dienone is 3. The molecule has 2 unspecified atom stereocenters. The molecule has 0 radical (unpaired) electrons. The van der Waals surface area contributed by atoms with E-state index in [1.165, 1.54) is 43.3 Å². The molecule has 1 aliphatic carbocycles. The van der Waals surface area contributed by atoms with Gasteiger partial charge in [-0.3, -0.25) is 0 Å². The molecule has 0 amide bonds. The lowest BCUT2D eigenvalue weighted by molar-refractivity contribution is 0.282. The van der Waals surface area contributed by atoms with Crippen LogP contribution in [0.1, 0.15) is 94.4 Å². The molecule has 0 nitrogen and oxygen atoms in total. The molecule has 1 rings (SSSR count). The summed E-state index contributed by atoms with van der Waals surface area (Å²) in [4.78, 5) is 0. The van der Waals surface area contributed by atoms with Gasteiger partial charge in [0.25, 0.3) is 0 Å². The van der Waals surface area contributed by atoms with Crippen LogP contribution in [0.25, 0.3) is 0 Å². The Morgan fingerprint density at radius 1 is 1.24 bits per heavy atom. The van der Waals surface area contributed by atoms with E-state index in [1.54, 1.807) is 0 Å². The van der Waals surface area contributed by atoms with Gasteiger partial charge in [-0.25, -0.2) is 0 Å². The summed E-state index contributed by atoms with van der Waals surface area (Å²) in [5, 5.41) is 0. The Bertz CT molecular complexity index is 286. The van der Waals surface area contributed by atoms with E-state index in [4.69, 9.17) is 0 Å². The van der Waals surface area contributed by atoms with Gasteiger partial charge in [-0.1, -0.05) is 98.5 Å². The lowest BCUT2D eigenvalue weighted by atomic mass is 9.73. The molecule has 0 aliphatic heterocycles. The standard InChI is InChI=1S/C14H24.C5H12.C2H6/c1-10-7-8-13(9-10)11(2)12(3)14(4,5)6;1-3-5-4-2;1-2/h7,12-13H,2,8-9H2,1,3-6H3;3-5H2,1-2H3;1-2H3. The van der Waals surface area contributed by atoms with Crippen LogP contribution in [0.15, 0.2) is 23.8 Å². The highest BCUT2D eigenvalue weighted by Gasteiger charge is 2.28. The van der Waals surface area contributed by atoms with Crippen LogP contribution in [0.4, 0.5) is 0 Å². The third-order valence-corrected chi connectivity index (χ3v) is 4.41. The molecular weight excluding hydrogens is 252 g/mol. The van der Waals surface area contributed by atoms with Crippen LogP contribution in [0.2, 0.25) is 0 Å². The summed E-state index contributed by atoms with van der Waals surface area (Å²) >= 11 is 0. The molecule has 0 saturated carbocycles. The predicted octanol–water partition coefficient (Wildman–Crippen LogP) is 7.80. The summed E-state index contributed by atoms with van der Waals surface area (Å²) in [6.45, 7) is 24.2. The van der Waals surface area contributed by atoms with Crippen molar-refractivity contribution in [3.63, 3.8) is 0 Å². The van der Waals surface area contributed by atoms with Gasteiger partial charge in [-0.15, -0.1) is 0 Å². The zero-order valence-electron chi connectivity index (χ0n) is 16.5. The van der Waals surface area contributed by atoms with Gasteiger partial charge in [-0.05, 0) is 37.0 Å². The summed E-state index contributed by atoms with van der Waals surface area (Å²) in [7, 11) is 0. The molecule has 21 heavy (non-hydrogen) atoms. The summed E-state index contributed by atoms with van der Waals surface area (Å²) in [5.74, 6) is 1.33. The maximum absolute atomic E-state index is 4.30. The molecule has 0 spiro atoms. The summed E-state index contributed by atoms with van der Waals surface area (Å²) in [6.07, 6.45) is 8.89. The topological polar surface area (TPSA) is 0 Å². The van der Waals surface area contributed by atoms with E-state index in [2.05, 4.69) is 61.1 Å². The van der Waals surface area contributed by atoms with E-state index >= 15 is 0 Å². The van der Waals surface area contributed by atoms with Crippen molar-refractivity contribution < 1.29 is 0 Å². The zero-order valence-corrected chi connectivity index (χ0v) is 16.5. The molecule has 0 saturated heterocycles. The minimum atomic E-state index is 0.355. The van der Waals surface area contributed by atoms with Crippen LogP contribution < -0.4 is 0 Å². The highest BCUT2D eigenvalue weighted by Crippen LogP contribution is 2.39. The van der Waals surface area contributed by atoms with Gasteiger partial charge in [-0.2, -0.15) is 0 Å². The highest BCUT2D eigenvalue weighted by atomic mass is 14.3. The molecule has 0 heterocycles. The van der Waals surface area contributed by atoms with Gasteiger partial charge in [0.2, 0.25) is 0 Å². The van der Waals surface area contributed by atoms with Crippen LogP contribution >= 0.6 is 0 Å². The Labute approximate surface area is 136 Å². The van der Waals surface area contributed by atoms with E-state index in [-0.39, 0.29) is 0 Å². The lowest BCUT2D eigenvalue weighted by Gasteiger charge is -2.32. The van der Waals surface area contributed by atoms with Gasteiger partial charge in [0, 0.05) is 0 Å². The summed E-state index contributed by atoms with van der Waals surface area (Å²) in [6, 6.07) is 0. The van der Waals surface area contributed by atoms with Crippen molar-refractivity contribution in [2.45, 2.75) is 94.4 Å². The van der Waals surface area contributed by atoms with Crippen molar-refractivity contribution >= 4 is 0 Å². The quantitative estimate of drug-likeness (QED) is 0.464. The molecule has 0 N–H and O–H groups in total. The minimum Gasteiger partial charge on any atom is -0.0993 e. The van der Waals surface area contributed by atoms with Crippen molar-refractivity contribution in [2.75, 3.05) is 0 Å². The zero-order chi connectivity index (χ0) is 17.1. The average molecular weight is 295 g/mol. The van der Waals surface area contributed by atoms with Crippen LogP contribution in [0, 0.1) is 17.3 Å². The Morgan fingerprint density at radius 2 is 1.71 bits per heavy atom. The van der Waals surface area contributed by atoms with Crippen LogP contribution in [0.3, 0.4) is 0 Å². The van der Waals surface area contributed by atoms with Crippen LogP contribution in [-0.2, 0) is 0 Å². The fourth-order valence-corrected chi connectivity index (χ4v) is 2.44. The molecule has 0 bridgehead atoms. The summed E-state index contributed by atoms with van der Waals surface area (Å²) in [5.41, 5.74) is 3.34. The molecular formula is C21H42. The maximum atomic E-state index is 4.30. The van der Waals surface area contributed by atoms with Gasteiger partial charge in [0.05, 0.1) is 0 Å². The molecule has 2 atom stereocenters. The van der Waals surface area contributed by atoms with E-state index < -0.39 is 0 Å². The first-order valence-electron chi connectivity index (χ1n) is 9.08. The fourth-order valence-electron chi connectivity index (χ4n) is 2.44. The molecule has 1 aliphatic rings. The lowest BCUT2D eigenvalue weighted by Crippen LogP contribution is -2.22. The van der Waals surface area contributed by atoms with Crippen molar-refractivity contribution in [3.05, 3.63) is 23.8 Å². The van der Waals surface area contributed by atoms with Crippen molar-refractivity contribution in [1.29, 1.82) is 0 Å². The molecule has 0 heteroatoms. The average Bonchev–Trinajstić information content (AvgIpc) is 2.86. The van der Waals surface area contributed by atoms with Gasteiger partial charge < -0.3 is 0 Å². The molecule has 126 valence electrons. The molecule has 0 aromatic heterocycles. The normalized spacial score (nSPS) is 18.7. The second-order valence-electron chi connectivity index (χ2n) is 7.20. The van der Waals surface area contributed by atoms with Gasteiger partial charge in [0.15, 0.2) is 0 Å². The first kappa shape index (κ1) is 22.8. The smallest absolute Gasteiger partial charge is 0.0131 e. The van der Waals surface area contributed by atoms with E-state index in [0.717, 1.165) is 0 Å². The third-order valence-electron chi connectivity index (χ3n) is 4.41. The predicted molar refractivity (Wildman–Crippen MR) is 101 cm³/mol. The number of hydrogen-bond donors (Lipinski definition) is 0. The van der Waals surface area contributed by atoms with Crippen molar-refractivity contribution in [3.8, 4) is 0 Å². The number of hydrogen-bond acceptors (Lipinski definition) is 0. The Kier molecular flexibility index (Phi) is 13.1. The first-order chi connectivity index (χ1) is 9.73.